The zero-order valence-corrected chi connectivity index (χ0v) is 16.2. The molecule has 3 aromatic rings. The lowest BCUT2D eigenvalue weighted by molar-refractivity contribution is -0.139. The zero-order chi connectivity index (χ0) is 19.0. The van der Waals surface area contributed by atoms with E-state index in [-0.39, 0.29) is 18.4 Å². The van der Waals surface area contributed by atoms with Gasteiger partial charge in [0.1, 0.15) is 12.1 Å². The molecule has 0 saturated carbocycles. The number of thiazole rings is 1. The van der Waals surface area contributed by atoms with Crippen molar-refractivity contribution in [1.29, 1.82) is 0 Å². The average molecular weight is 384 g/mol. The summed E-state index contributed by atoms with van der Waals surface area (Å²) < 4.78 is 12.7. The number of nitrogens with zero attached hydrogens (tertiary/aromatic N) is 4. The van der Waals surface area contributed by atoms with Crippen molar-refractivity contribution in [3.8, 4) is 27.8 Å². The molecule has 0 unspecified atom stereocenters. The molecule has 140 valence electrons. The van der Waals surface area contributed by atoms with Gasteiger partial charge in [-0.1, -0.05) is 6.07 Å². The van der Waals surface area contributed by atoms with Gasteiger partial charge in [0.2, 0.25) is 0 Å². The SMILES string of the molecule is COC(=O)Cc1ccc2c(c1)OCCc1sc(-c3nncn3C(C)C)nc1-2. The second-order valence-electron chi connectivity index (χ2n) is 6.63. The van der Waals surface area contributed by atoms with Crippen LogP contribution in [0.5, 0.6) is 5.75 Å². The molecule has 0 saturated heterocycles. The molecule has 4 rings (SSSR count). The van der Waals surface area contributed by atoms with Crippen molar-refractivity contribution in [2.75, 3.05) is 13.7 Å². The molecule has 2 aromatic heterocycles. The highest BCUT2D eigenvalue weighted by atomic mass is 32.1. The number of benzene rings is 1. The van der Waals surface area contributed by atoms with Crippen LogP contribution in [0.2, 0.25) is 0 Å². The number of carbonyl (C=O) groups is 1. The maximum absolute atomic E-state index is 11.5. The van der Waals surface area contributed by atoms with E-state index in [0.29, 0.717) is 6.61 Å². The smallest absolute Gasteiger partial charge is 0.309 e. The van der Waals surface area contributed by atoms with E-state index < -0.39 is 0 Å². The van der Waals surface area contributed by atoms with Crippen molar-refractivity contribution in [1.82, 2.24) is 19.7 Å². The molecule has 1 aliphatic rings. The summed E-state index contributed by atoms with van der Waals surface area (Å²) in [6, 6.07) is 6.05. The Balaban J connectivity index is 1.74. The van der Waals surface area contributed by atoms with Gasteiger partial charge in [0.25, 0.3) is 0 Å². The highest BCUT2D eigenvalue weighted by Gasteiger charge is 2.23. The number of methoxy groups -OCH3 is 1. The molecule has 0 atom stereocenters. The summed E-state index contributed by atoms with van der Waals surface area (Å²) in [4.78, 5) is 17.6. The van der Waals surface area contributed by atoms with Crippen LogP contribution in [-0.4, -0.2) is 39.4 Å². The van der Waals surface area contributed by atoms with E-state index in [4.69, 9.17) is 14.5 Å². The van der Waals surface area contributed by atoms with Gasteiger partial charge in [-0.05, 0) is 31.5 Å². The van der Waals surface area contributed by atoms with Crippen LogP contribution >= 0.6 is 11.3 Å². The molecule has 0 fully saturated rings. The fourth-order valence-electron chi connectivity index (χ4n) is 3.09. The van der Waals surface area contributed by atoms with Crippen LogP contribution in [0.15, 0.2) is 24.5 Å². The summed E-state index contributed by atoms with van der Waals surface area (Å²) in [5, 5.41) is 9.17. The lowest BCUT2D eigenvalue weighted by Crippen LogP contribution is -2.05. The number of aromatic nitrogens is 4. The summed E-state index contributed by atoms with van der Waals surface area (Å²) in [5.74, 6) is 1.26. The fraction of sp³-hybridized carbons (Fsp3) is 0.368. The highest BCUT2D eigenvalue weighted by molar-refractivity contribution is 7.15. The second-order valence-corrected chi connectivity index (χ2v) is 7.71. The molecule has 1 aliphatic heterocycles. The van der Waals surface area contributed by atoms with Gasteiger partial charge in [0, 0.05) is 22.9 Å². The Labute approximate surface area is 161 Å². The largest absolute Gasteiger partial charge is 0.492 e. The van der Waals surface area contributed by atoms with Gasteiger partial charge in [0.05, 0.1) is 25.8 Å². The average Bonchev–Trinajstić information content (AvgIpc) is 3.26. The Kier molecular flexibility index (Phi) is 4.65. The number of rotatable bonds is 4. The molecule has 27 heavy (non-hydrogen) atoms. The van der Waals surface area contributed by atoms with Gasteiger partial charge < -0.3 is 14.0 Å². The molecule has 0 amide bonds. The Morgan fingerprint density at radius 1 is 1.41 bits per heavy atom. The molecule has 8 heteroatoms. The van der Waals surface area contributed by atoms with Crippen molar-refractivity contribution in [3.63, 3.8) is 0 Å². The van der Waals surface area contributed by atoms with E-state index in [1.165, 1.54) is 12.0 Å². The van der Waals surface area contributed by atoms with Gasteiger partial charge in [-0.25, -0.2) is 4.98 Å². The number of esters is 1. The third kappa shape index (κ3) is 3.32. The van der Waals surface area contributed by atoms with Gasteiger partial charge in [-0.2, -0.15) is 0 Å². The molecular formula is C19H20N4O3S. The van der Waals surface area contributed by atoms with E-state index in [1.54, 1.807) is 17.7 Å². The summed E-state index contributed by atoms with van der Waals surface area (Å²) in [6.07, 6.45) is 2.74. The van der Waals surface area contributed by atoms with Crippen molar-refractivity contribution < 1.29 is 14.3 Å². The molecule has 3 heterocycles. The van der Waals surface area contributed by atoms with Crippen LogP contribution in [0.4, 0.5) is 0 Å². The van der Waals surface area contributed by atoms with E-state index >= 15 is 0 Å². The summed E-state index contributed by atoms with van der Waals surface area (Å²) in [6.45, 7) is 4.76. The Bertz CT molecular complexity index is 993. The van der Waals surface area contributed by atoms with Crippen LogP contribution in [0, 0.1) is 0 Å². The Morgan fingerprint density at radius 2 is 2.26 bits per heavy atom. The number of ether oxygens (including phenoxy) is 2. The monoisotopic (exact) mass is 384 g/mol. The van der Waals surface area contributed by atoms with Crippen LogP contribution in [0.1, 0.15) is 30.3 Å². The standard InChI is InChI=1S/C19H20N4O3S/c1-11(2)23-10-20-22-18(23)19-21-17-13-5-4-12(9-16(24)25-3)8-14(13)26-7-6-15(17)27-19/h4-5,8,10-11H,6-7,9H2,1-3H3. The maximum Gasteiger partial charge on any atom is 0.309 e. The van der Waals surface area contributed by atoms with Gasteiger partial charge in [-0.15, -0.1) is 21.5 Å². The number of carbonyl (C=O) groups excluding carboxylic acids is 1. The molecule has 0 bridgehead atoms. The van der Waals surface area contributed by atoms with Crippen LogP contribution in [0.25, 0.3) is 22.1 Å². The first-order valence-electron chi connectivity index (χ1n) is 8.79. The van der Waals surface area contributed by atoms with Gasteiger partial charge in [-0.3, -0.25) is 4.79 Å². The van der Waals surface area contributed by atoms with Crippen molar-refractivity contribution in [2.45, 2.75) is 32.7 Å². The summed E-state index contributed by atoms with van der Waals surface area (Å²) in [7, 11) is 1.39. The minimum Gasteiger partial charge on any atom is -0.492 e. The lowest BCUT2D eigenvalue weighted by Gasteiger charge is -2.09. The summed E-state index contributed by atoms with van der Waals surface area (Å²) >= 11 is 1.63. The van der Waals surface area contributed by atoms with Gasteiger partial charge >= 0.3 is 5.97 Å². The molecule has 0 aliphatic carbocycles. The molecular weight excluding hydrogens is 364 g/mol. The van der Waals surface area contributed by atoms with Crippen molar-refractivity contribution in [3.05, 3.63) is 35.0 Å². The lowest BCUT2D eigenvalue weighted by atomic mass is 10.0. The highest BCUT2D eigenvalue weighted by Crippen LogP contribution is 2.40. The first kappa shape index (κ1) is 17.7. The van der Waals surface area contributed by atoms with Crippen molar-refractivity contribution in [2.24, 2.45) is 0 Å². The number of hydrogen-bond donors (Lipinski definition) is 0. The van der Waals surface area contributed by atoms with Crippen LogP contribution < -0.4 is 4.74 Å². The Hall–Kier alpha value is -2.74. The normalized spacial score (nSPS) is 12.9. The predicted octanol–water partition coefficient (Wildman–Crippen LogP) is 3.30. The van der Waals surface area contributed by atoms with E-state index in [0.717, 1.165) is 39.8 Å². The fourth-order valence-corrected chi connectivity index (χ4v) is 4.13. The Morgan fingerprint density at radius 3 is 3.04 bits per heavy atom. The second kappa shape index (κ2) is 7.11. The number of hydrogen-bond acceptors (Lipinski definition) is 7. The molecule has 0 radical (unpaired) electrons. The molecule has 0 N–H and O–H groups in total. The third-order valence-corrected chi connectivity index (χ3v) is 5.59. The summed E-state index contributed by atoms with van der Waals surface area (Å²) in [5.41, 5.74) is 2.72. The van der Waals surface area contributed by atoms with Crippen molar-refractivity contribution >= 4 is 17.3 Å². The first-order chi connectivity index (χ1) is 13.1. The zero-order valence-electron chi connectivity index (χ0n) is 15.4. The predicted molar refractivity (Wildman–Crippen MR) is 102 cm³/mol. The maximum atomic E-state index is 11.5. The first-order valence-corrected chi connectivity index (χ1v) is 9.61. The molecule has 7 nitrogen and oxygen atoms in total. The third-order valence-electron chi connectivity index (χ3n) is 4.48. The minimum absolute atomic E-state index is 0.222. The van der Waals surface area contributed by atoms with E-state index in [2.05, 4.69) is 24.0 Å². The topological polar surface area (TPSA) is 79.1 Å². The van der Waals surface area contributed by atoms with Crippen LogP contribution in [-0.2, 0) is 22.4 Å². The van der Waals surface area contributed by atoms with Crippen LogP contribution in [0.3, 0.4) is 0 Å². The van der Waals surface area contributed by atoms with Gasteiger partial charge in [0.15, 0.2) is 10.8 Å². The minimum atomic E-state index is -0.270. The quantitative estimate of drug-likeness (QED) is 0.642. The van der Waals surface area contributed by atoms with E-state index in [9.17, 15) is 4.79 Å². The molecule has 0 spiro atoms. The van der Waals surface area contributed by atoms with E-state index in [1.807, 2.05) is 22.8 Å². The number of fused-ring (bicyclic) bond motifs is 3. The molecule has 1 aromatic carbocycles.